The Morgan fingerprint density at radius 3 is 3.18 bits per heavy atom. The number of nitrogens with zero attached hydrogens (tertiary/aromatic N) is 2. The molecule has 86 valence electrons. The van der Waals surface area contributed by atoms with Crippen LogP contribution in [0.3, 0.4) is 0 Å². The molecule has 3 aliphatic heterocycles. The van der Waals surface area contributed by atoms with Crippen LogP contribution in [0.2, 0.25) is 0 Å². The van der Waals surface area contributed by atoms with Gasteiger partial charge in [-0.25, -0.2) is 4.99 Å². The molecule has 3 heterocycles. The van der Waals surface area contributed by atoms with Crippen molar-refractivity contribution in [3.8, 4) is 0 Å². The average Bonchev–Trinajstić information content (AvgIpc) is 2.87. The Balaban J connectivity index is 1.77. The Kier molecular flexibility index (Phi) is 1.68. The molecule has 0 aliphatic carbocycles. The number of para-hydroxylation sites is 1. The Hall–Kier alpha value is -1.84. The average molecular weight is 227 g/mol. The second-order valence-corrected chi connectivity index (χ2v) is 4.92. The van der Waals surface area contributed by atoms with Crippen molar-refractivity contribution in [2.24, 2.45) is 10.9 Å². The number of rotatable bonds is 0. The van der Waals surface area contributed by atoms with Gasteiger partial charge >= 0.3 is 0 Å². The van der Waals surface area contributed by atoms with Gasteiger partial charge in [-0.2, -0.15) is 0 Å². The largest absolute Gasteiger partial charge is 0.282 e. The number of hydrogen-bond acceptors (Lipinski definition) is 3. The van der Waals surface area contributed by atoms with Gasteiger partial charge in [-0.1, -0.05) is 18.2 Å². The van der Waals surface area contributed by atoms with Crippen LogP contribution in [0.15, 0.2) is 29.3 Å². The van der Waals surface area contributed by atoms with Crippen molar-refractivity contribution in [2.45, 2.75) is 25.3 Å². The fourth-order valence-electron chi connectivity index (χ4n) is 3.12. The van der Waals surface area contributed by atoms with E-state index in [2.05, 4.69) is 22.6 Å². The summed E-state index contributed by atoms with van der Waals surface area (Å²) in [5.74, 6) is 1.55. The number of amidine groups is 1. The summed E-state index contributed by atoms with van der Waals surface area (Å²) in [6, 6.07) is 8.54. The van der Waals surface area contributed by atoms with Crippen LogP contribution < -0.4 is 5.43 Å². The minimum Gasteiger partial charge on any atom is -0.282 e. The molecule has 2 fully saturated rings. The monoisotopic (exact) mass is 227 g/mol. The highest BCUT2D eigenvalue weighted by Crippen LogP contribution is 2.37. The maximum atomic E-state index is 11.7. The Labute approximate surface area is 99.3 Å². The van der Waals surface area contributed by atoms with Crippen LogP contribution in [0.1, 0.15) is 18.4 Å². The van der Waals surface area contributed by atoms with Gasteiger partial charge < -0.3 is 0 Å². The van der Waals surface area contributed by atoms with E-state index < -0.39 is 0 Å². The molecule has 0 saturated carbocycles. The molecule has 2 saturated heterocycles. The first-order valence-electron chi connectivity index (χ1n) is 6.08. The van der Waals surface area contributed by atoms with E-state index in [-0.39, 0.29) is 5.91 Å². The van der Waals surface area contributed by atoms with Crippen LogP contribution >= 0.6 is 0 Å². The molecular formula is C13H13N3O. The third-order valence-electron chi connectivity index (χ3n) is 3.98. The van der Waals surface area contributed by atoms with E-state index in [1.165, 1.54) is 5.56 Å². The molecule has 0 spiro atoms. The predicted molar refractivity (Wildman–Crippen MR) is 63.7 cm³/mol. The SMILES string of the molecule is O=C1CCC2C3Cc4ccccc4N=C3NN12. The summed E-state index contributed by atoms with van der Waals surface area (Å²) < 4.78 is 0. The number of aliphatic imine (C=N–C) groups is 1. The lowest BCUT2D eigenvalue weighted by atomic mass is 9.88. The first kappa shape index (κ1) is 9.22. The van der Waals surface area contributed by atoms with Gasteiger partial charge in [0, 0.05) is 12.3 Å². The highest BCUT2D eigenvalue weighted by atomic mass is 16.2. The number of benzene rings is 1. The maximum Gasteiger partial charge on any atom is 0.241 e. The summed E-state index contributed by atoms with van der Waals surface area (Å²) >= 11 is 0. The molecule has 3 aliphatic rings. The van der Waals surface area contributed by atoms with E-state index in [4.69, 9.17) is 0 Å². The topological polar surface area (TPSA) is 44.7 Å². The lowest BCUT2D eigenvalue weighted by Crippen LogP contribution is -2.37. The predicted octanol–water partition coefficient (Wildman–Crippen LogP) is 1.40. The molecule has 0 aromatic heterocycles. The second-order valence-electron chi connectivity index (χ2n) is 4.92. The summed E-state index contributed by atoms with van der Waals surface area (Å²) in [5.41, 5.74) is 5.52. The molecule has 0 radical (unpaired) electrons. The molecular weight excluding hydrogens is 214 g/mol. The van der Waals surface area contributed by atoms with Gasteiger partial charge in [0.25, 0.3) is 0 Å². The number of hydrazine groups is 1. The van der Waals surface area contributed by atoms with Gasteiger partial charge in [-0.3, -0.25) is 15.2 Å². The third-order valence-corrected chi connectivity index (χ3v) is 3.98. The Bertz CT molecular complexity index is 537. The van der Waals surface area contributed by atoms with Crippen LogP contribution in [0.5, 0.6) is 0 Å². The second kappa shape index (κ2) is 3.09. The van der Waals surface area contributed by atoms with Gasteiger partial charge in [0.15, 0.2) is 0 Å². The van der Waals surface area contributed by atoms with Crippen molar-refractivity contribution in [3.63, 3.8) is 0 Å². The number of amides is 1. The zero-order valence-electron chi connectivity index (χ0n) is 9.39. The van der Waals surface area contributed by atoms with E-state index in [9.17, 15) is 4.79 Å². The van der Waals surface area contributed by atoms with Gasteiger partial charge in [-0.05, 0) is 24.5 Å². The van der Waals surface area contributed by atoms with Crippen LogP contribution in [-0.2, 0) is 11.2 Å². The smallest absolute Gasteiger partial charge is 0.241 e. The van der Waals surface area contributed by atoms with Crippen molar-refractivity contribution >= 4 is 17.4 Å². The number of nitrogens with one attached hydrogen (secondary N) is 1. The highest BCUT2D eigenvalue weighted by Gasteiger charge is 2.46. The maximum absolute atomic E-state index is 11.7. The van der Waals surface area contributed by atoms with Crippen molar-refractivity contribution in [3.05, 3.63) is 29.8 Å². The van der Waals surface area contributed by atoms with E-state index in [1.54, 1.807) is 5.01 Å². The normalized spacial score (nSPS) is 29.3. The first-order valence-corrected chi connectivity index (χ1v) is 6.08. The molecule has 17 heavy (non-hydrogen) atoms. The fourth-order valence-corrected chi connectivity index (χ4v) is 3.12. The van der Waals surface area contributed by atoms with E-state index in [0.717, 1.165) is 24.4 Å². The van der Waals surface area contributed by atoms with Crippen LogP contribution in [0.4, 0.5) is 5.69 Å². The van der Waals surface area contributed by atoms with E-state index >= 15 is 0 Å². The lowest BCUT2D eigenvalue weighted by Gasteiger charge is -2.20. The first-order chi connectivity index (χ1) is 8.33. The standard InChI is InChI=1S/C13H13N3O/c17-12-6-5-11-9-7-8-3-1-2-4-10(8)14-13(9)15-16(11)12/h1-4,9,11H,5-7H2,(H,14,15). The summed E-state index contributed by atoms with van der Waals surface area (Å²) in [5, 5.41) is 1.79. The molecule has 2 atom stereocenters. The molecule has 2 unspecified atom stereocenters. The summed E-state index contributed by atoms with van der Waals surface area (Å²) in [7, 11) is 0. The minimum absolute atomic E-state index is 0.205. The highest BCUT2D eigenvalue weighted by molar-refractivity contribution is 5.95. The lowest BCUT2D eigenvalue weighted by molar-refractivity contribution is -0.130. The molecule has 4 nitrogen and oxygen atoms in total. The quantitative estimate of drug-likeness (QED) is 0.728. The van der Waals surface area contributed by atoms with E-state index in [1.807, 2.05) is 12.1 Å². The molecule has 4 heteroatoms. The van der Waals surface area contributed by atoms with Crippen molar-refractivity contribution in [2.75, 3.05) is 0 Å². The van der Waals surface area contributed by atoms with Crippen LogP contribution in [0.25, 0.3) is 0 Å². The Morgan fingerprint density at radius 2 is 2.24 bits per heavy atom. The van der Waals surface area contributed by atoms with Gasteiger partial charge in [0.05, 0.1) is 11.7 Å². The van der Waals surface area contributed by atoms with Gasteiger partial charge in [-0.15, -0.1) is 0 Å². The molecule has 1 amide bonds. The van der Waals surface area contributed by atoms with Gasteiger partial charge in [0.1, 0.15) is 5.84 Å². The van der Waals surface area contributed by atoms with Gasteiger partial charge in [0.2, 0.25) is 5.91 Å². The molecule has 4 rings (SSSR count). The number of hydrogen-bond donors (Lipinski definition) is 1. The number of carbonyl (C=O) groups excluding carboxylic acids is 1. The fraction of sp³-hybridized carbons (Fsp3) is 0.385. The van der Waals surface area contributed by atoms with Crippen molar-refractivity contribution in [1.82, 2.24) is 10.4 Å². The minimum atomic E-state index is 0.205. The van der Waals surface area contributed by atoms with Crippen LogP contribution in [0, 0.1) is 5.92 Å². The molecule has 1 aromatic carbocycles. The van der Waals surface area contributed by atoms with Crippen LogP contribution in [-0.4, -0.2) is 22.8 Å². The van der Waals surface area contributed by atoms with Crippen molar-refractivity contribution in [1.29, 1.82) is 0 Å². The number of carbonyl (C=O) groups is 1. The summed E-state index contributed by atoms with van der Waals surface area (Å²) in [4.78, 5) is 16.3. The Morgan fingerprint density at radius 1 is 1.35 bits per heavy atom. The zero-order valence-corrected chi connectivity index (χ0v) is 9.39. The molecule has 1 N–H and O–H groups in total. The number of fused-ring (bicyclic) bond motifs is 4. The summed E-state index contributed by atoms with van der Waals surface area (Å²) in [6.07, 6.45) is 2.62. The zero-order chi connectivity index (χ0) is 11.4. The summed E-state index contributed by atoms with van der Waals surface area (Å²) in [6.45, 7) is 0. The third kappa shape index (κ3) is 1.18. The van der Waals surface area contributed by atoms with Crippen molar-refractivity contribution < 1.29 is 4.79 Å². The molecule has 0 bridgehead atoms. The van der Waals surface area contributed by atoms with E-state index in [0.29, 0.717) is 18.4 Å². The molecule has 1 aromatic rings.